The summed E-state index contributed by atoms with van der Waals surface area (Å²) in [4.78, 5) is 11.7. The van der Waals surface area contributed by atoms with E-state index in [4.69, 9.17) is 9.47 Å². The van der Waals surface area contributed by atoms with Gasteiger partial charge < -0.3 is 20.1 Å². The minimum absolute atomic E-state index is 0.0165. The van der Waals surface area contributed by atoms with E-state index in [0.717, 1.165) is 32.5 Å². The highest BCUT2D eigenvalue weighted by atomic mass is 16.5. The van der Waals surface area contributed by atoms with Gasteiger partial charge in [-0.1, -0.05) is 0 Å². The van der Waals surface area contributed by atoms with Crippen LogP contribution in [0.2, 0.25) is 0 Å². The van der Waals surface area contributed by atoms with E-state index < -0.39 is 0 Å². The molecule has 5 heteroatoms. The van der Waals surface area contributed by atoms with Crippen molar-refractivity contribution in [3.8, 4) is 0 Å². The Hall–Kier alpha value is -0.650. The van der Waals surface area contributed by atoms with Gasteiger partial charge in [0.05, 0.1) is 11.7 Å². The molecule has 0 aromatic heterocycles. The summed E-state index contributed by atoms with van der Waals surface area (Å²) in [6.45, 7) is 6.60. The Kier molecular flexibility index (Phi) is 4.01. The third kappa shape index (κ3) is 3.66. The molecule has 0 aromatic rings. The minimum Gasteiger partial charge on any atom is -0.378 e. The van der Waals surface area contributed by atoms with Crippen molar-refractivity contribution in [2.24, 2.45) is 0 Å². The van der Waals surface area contributed by atoms with E-state index in [9.17, 15) is 4.79 Å². The average Bonchev–Trinajstić information content (AvgIpc) is 2.24. The highest BCUT2D eigenvalue weighted by Crippen LogP contribution is 2.15. The van der Waals surface area contributed by atoms with Crippen LogP contribution in [-0.2, 0) is 14.3 Å². The molecule has 2 saturated heterocycles. The molecule has 0 aliphatic carbocycles. The van der Waals surface area contributed by atoms with Crippen LogP contribution in [0.1, 0.15) is 26.7 Å². The Balaban J connectivity index is 1.66. The molecular formula is C12H22N2O3. The van der Waals surface area contributed by atoms with E-state index in [1.165, 1.54) is 0 Å². The van der Waals surface area contributed by atoms with Crippen LogP contribution < -0.4 is 10.6 Å². The monoisotopic (exact) mass is 242 g/mol. The van der Waals surface area contributed by atoms with Gasteiger partial charge in [0.25, 0.3) is 0 Å². The van der Waals surface area contributed by atoms with Gasteiger partial charge in [-0.2, -0.15) is 0 Å². The Morgan fingerprint density at radius 3 is 2.94 bits per heavy atom. The molecule has 2 aliphatic heterocycles. The molecule has 0 radical (unpaired) electrons. The summed E-state index contributed by atoms with van der Waals surface area (Å²) in [6, 6.07) is 0.238. The second-order valence-corrected chi connectivity index (χ2v) is 5.31. The van der Waals surface area contributed by atoms with Gasteiger partial charge in [-0.05, 0) is 26.7 Å². The van der Waals surface area contributed by atoms with Crippen LogP contribution in [0.3, 0.4) is 0 Å². The number of carbonyl (C=O) groups is 1. The molecule has 98 valence electrons. The van der Waals surface area contributed by atoms with Crippen LogP contribution in [0.25, 0.3) is 0 Å². The zero-order chi connectivity index (χ0) is 12.3. The third-order valence-electron chi connectivity index (χ3n) is 3.40. The summed E-state index contributed by atoms with van der Waals surface area (Å²) in [7, 11) is 0. The first-order valence-electron chi connectivity index (χ1n) is 6.33. The van der Waals surface area contributed by atoms with Crippen molar-refractivity contribution in [3.05, 3.63) is 0 Å². The first kappa shape index (κ1) is 12.8. The molecule has 2 rings (SSSR count). The van der Waals surface area contributed by atoms with E-state index in [2.05, 4.69) is 10.6 Å². The maximum Gasteiger partial charge on any atom is 0.246 e. The highest BCUT2D eigenvalue weighted by molar-refractivity contribution is 5.77. The smallest absolute Gasteiger partial charge is 0.246 e. The largest absolute Gasteiger partial charge is 0.378 e. The fourth-order valence-corrected chi connectivity index (χ4v) is 2.22. The van der Waals surface area contributed by atoms with Crippen LogP contribution in [0.4, 0.5) is 0 Å². The van der Waals surface area contributed by atoms with Crippen LogP contribution in [0.15, 0.2) is 0 Å². The second kappa shape index (κ2) is 5.33. The number of hydrogen-bond donors (Lipinski definition) is 2. The molecule has 2 fully saturated rings. The minimum atomic E-state index is -0.152. The molecule has 0 aromatic carbocycles. The van der Waals surface area contributed by atoms with Gasteiger partial charge in [-0.15, -0.1) is 0 Å². The van der Waals surface area contributed by atoms with Crippen LogP contribution in [0, 0.1) is 0 Å². The quantitative estimate of drug-likeness (QED) is 0.731. The number of rotatable bonds is 4. The summed E-state index contributed by atoms with van der Waals surface area (Å²) in [5, 5.41) is 6.15. The van der Waals surface area contributed by atoms with Gasteiger partial charge in [0, 0.05) is 25.7 Å². The van der Waals surface area contributed by atoms with Crippen molar-refractivity contribution in [1.29, 1.82) is 0 Å². The zero-order valence-corrected chi connectivity index (χ0v) is 10.6. The SMILES string of the molecule is CC1CC(NC(=O)COC2(C)CNC2)CCO1. The Morgan fingerprint density at radius 2 is 2.35 bits per heavy atom. The van der Waals surface area contributed by atoms with Crippen LogP contribution >= 0.6 is 0 Å². The lowest BCUT2D eigenvalue weighted by Gasteiger charge is -2.39. The lowest BCUT2D eigenvalue weighted by atomic mass is 10.0. The molecule has 5 nitrogen and oxygen atoms in total. The molecule has 2 heterocycles. The lowest BCUT2D eigenvalue weighted by Crippen LogP contribution is -2.59. The summed E-state index contributed by atoms with van der Waals surface area (Å²) in [5.74, 6) is -0.0165. The molecule has 0 bridgehead atoms. The maximum absolute atomic E-state index is 11.7. The lowest BCUT2D eigenvalue weighted by molar-refractivity contribution is -0.137. The predicted octanol–water partition coefficient (Wildman–Crippen LogP) is 0.0486. The second-order valence-electron chi connectivity index (χ2n) is 5.31. The number of amides is 1. The number of hydrogen-bond acceptors (Lipinski definition) is 4. The topological polar surface area (TPSA) is 59.6 Å². The van der Waals surface area contributed by atoms with E-state index in [1.807, 2.05) is 13.8 Å². The van der Waals surface area contributed by atoms with Gasteiger partial charge in [-0.3, -0.25) is 4.79 Å². The maximum atomic E-state index is 11.7. The Labute approximate surface area is 102 Å². The van der Waals surface area contributed by atoms with Crippen LogP contribution in [-0.4, -0.2) is 50.0 Å². The van der Waals surface area contributed by atoms with Crippen molar-refractivity contribution in [2.45, 2.75) is 44.4 Å². The molecule has 0 saturated carbocycles. The van der Waals surface area contributed by atoms with E-state index in [0.29, 0.717) is 0 Å². The summed E-state index contributed by atoms with van der Waals surface area (Å²) >= 11 is 0. The molecule has 0 spiro atoms. The average molecular weight is 242 g/mol. The van der Waals surface area contributed by atoms with E-state index >= 15 is 0 Å². The third-order valence-corrected chi connectivity index (χ3v) is 3.40. The van der Waals surface area contributed by atoms with Gasteiger partial charge in [0.15, 0.2) is 0 Å². The Morgan fingerprint density at radius 1 is 1.59 bits per heavy atom. The molecule has 17 heavy (non-hydrogen) atoms. The van der Waals surface area contributed by atoms with E-state index in [1.54, 1.807) is 0 Å². The van der Waals surface area contributed by atoms with Crippen molar-refractivity contribution >= 4 is 5.91 Å². The normalized spacial score (nSPS) is 31.6. The number of ether oxygens (including phenoxy) is 2. The molecule has 2 N–H and O–H groups in total. The zero-order valence-electron chi connectivity index (χ0n) is 10.6. The highest BCUT2D eigenvalue weighted by Gasteiger charge is 2.33. The number of nitrogens with one attached hydrogen (secondary N) is 2. The van der Waals surface area contributed by atoms with Crippen molar-refractivity contribution in [2.75, 3.05) is 26.3 Å². The number of carbonyl (C=O) groups excluding carboxylic acids is 1. The first-order valence-corrected chi connectivity index (χ1v) is 6.33. The Bertz CT molecular complexity index is 279. The predicted molar refractivity (Wildman–Crippen MR) is 63.8 cm³/mol. The fourth-order valence-electron chi connectivity index (χ4n) is 2.22. The van der Waals surface area contributed by atoms with Gasteiger partial charge >= 0.3 is 0 Å². The fraction of sp³-hybridized carbons (Fsp3) is 0.917. The molecule has 2 aliphatic rings. The van der Waals surface area contributed by atoms with E-state index in [-0.39, 0.29) is 30.3 Å². The van der Waals surface area contributed by atoms with Crippen LogP contribution in [0.5, 0.6) is 0 Å². The first-order chi connectivity index (χ1) is 8.07. The van der Waals surface area contributed by atoms with Crippen molar-refractivity contribution < 1.29 is 14.3 Å². The van der Waals surface area contributed by atoms with Crippen molar-refractivity contribution in [1.82, 2.24) is 10.6 Å². The molecular weight excluding hydrogens is 220 g/mol. The van der Waals surface area contributed by atoms with Crippen molar-refractivity contribution in [3.63, 3.8) is 0 Å². The van der Waals surface area contributed by atoms with Gasteiger partial charge in [0.1, 0.15) is 6.61 Å². The summed E-state index contributed by atoms with van der Waals surface area (Å²) in [6.07, 6.45) is 2.03. The van der Waals surface area contributed by atoms with Gasteiger partial charge in [0.2, 0.25) is 5.91 Å². The molecule has 1 amide bonds. The summed E-state index contributed by atoms with van der Waals surface area (Å²) in [5.41, 5.74) is -0.152. The molecule has 2 unspecified atom stereocenters. The van der Waals surface area contributed by atoms with Gasteiger partial charge in [-0.25, -0.2) is 0 Å². The summed E-state index contributed by atoms with van der Waals surface area (Å²) < 4.78 is 11.0. The standard InChI is InChI=1S/C12H22N2O3/c1-9-5-10(3-4-16-9)14-11(15)6-17-12(2)7-13-8-12/h9-10,13H,3-8H2,1-2H3,(H,14,15). The molecule has 2 atom stereocenters.